The third kappa shape index (κ3) is 3.99. The number of benzene rings is 1. The van der Waals surface area contributed by atoms with E-state index in [1.807, 2.05) is 6.07 Å². The first-order valence-corrected chi connectivity index (χ1v) is 10.6. The summed E-state index contributed by atoms with van der Waals surface area (Å²) in [6.07, 6.45) is 7.26. The summed E-state index contributed by atoms with van der Waals surface area (Å²) in [5, 5.41) is 0. The van der Waals surface area contributed by atoms with Crippen molar-refractivity contribution in [1.82, 2.24) is 14.7 Å². The van der Waals surface area contributed by atoms with Crippen molar-refractivity contribution < 1.29 is 9.53 Å². The Morgan fingerprint density at radius 3 is 2.70 bits per heavy atom. The summed E-state index contributed by atoms with van der Waals surface area (Å²) in [6.45, 7) is 6.18. The van der Waals surface area contributed by atoms with E-state index in [4.69, 9.17) is 4.74 Å². The summed E-state index contributed by atoms with van der Waals surface area (Å²) >= 11 is 0. The van der Waals surface area contributed by atoms with Crippen molar-refractivity contribution in [2.24, 2.45) is 0 Å². The van der Waals surface area contributed by atoms with Crippen LogP contribution in [0.2, 0.25) is 0 Å². The number of hydrogen-bond donors (Lipinski definition) is 0. The summed E-state index contributed by atoms with van der Waals surface area (Å²) in [7, 11) is 3.45. The van der Waals surface area contributed by atoms with Crippen LogP contribution in [0.4, 0.5) is 4.79 Å². The lowest BCUT2D eigenvalue weighted by Crippen LogP contribution is -2.41. The fraction of sp³-hybridized carbons (Fsp3) is 0.682. The second-order valence-corrected chi connectivity index (χ2v) is 8.53. The van der Waals surface area contributed by atoms with Crippen molar-refractivity contribution >= 4 is 6.09 Å². The normalized spacial score (nSPS) is 25.7. The molecule has 2 aliphatic heterocycles. The van der Waals surface area contributed by atoms with Gasteiger partial charge >= 0.3 is 6.09 Å². The molecule has 2 fully saturated rings. The monoisotopic (exact) mass is 371 g/mol. The zero-order valence-corrected chi connectivity index (χ0v) is 16.8. The standard InChI is InChI=1S/C22H33N3O2/c1-23(2)22(26)27-21-8-6-7-17-18-11-14-25(20(18)10-9-19(17)21)16-15-24-12-4-3-5-13-24/h6-8,18,20H,3-5,9-16H2,1-2H3. The van der Waals surface area contributed by atoms with Crippen LogP contribution in [-0.2, 0) is 6.42 Å². The van der Waals surface area contributed by atoms with E-state index in [0.29, 0.717) is 12.0 Å². The number of nitrogens with zero attached hydrogens (tertiary/aromatic N) is 3. The van der Waals surface area contributed by atoms with E-state index in [1.165, 1.54) is 80.9 Å². The Kier molecular flexibility index (Phi) is 5.69. The van der Waals surface area contributed by atoms with Crippen molar-refractivity contribution in [3.05, 3.63) is 29.3 Å². The van der Waals surface area contributed by atoms with Gasteiger partial charge in [-0.15, -0.1) is 0 Å². The molecule has 3 aliphatic rings. The van der Waals surface area contributed by atoms with Gasteiger partial charge in [-0.25, -0.2) is 4.79 Å². The van der Waals surface area contributed by atoms with Gasteiger partial charge in [0.1, 0.15) is 5.75 Å². The molecule has 0 spiro atoms. The van der Waals surface area contributed by atoms with Crippen LogP contribution in [-0.4, -0.2) is 73.7 Å². The highest BCUT2D eigenvalue weighted by molar-refractivity contribution is 5.70. The fourth-order valence-electron chi connectivity index (χ4n) is 5.17. The molecule has 2 heterocycles. The number of carbonyl (C=O) groups is 1. The van der Waals surface area contributed by atoms with Crippen molar-refractivity contribution in [3.8, 4) is 5.75 Å². The fourth-order valence-corrected chi connectivity index (χ4v) is 5.17. The second-order valence-electron chi connectivity index (χ2n) is 8.53. The van der Waals surface area contributed by atoms with E-state index >= 15 is 0 Å². The lowest BCUT2D eigenvalue weighted by atomic mass is 9.79. The highest BCUT2D eigenvalue weighted by atomic mass is 16.6. The van der Waals surface area contributed by atoms with Crippen LogP contribution in [0.15, 0.2) is 18.2 Å². The number of likely N-dealkylation sites (tertiary alicyclic amines) is 2. The quantitative estimate of drug-likeness (QED) is 0.813. The van der Waals surface area contributed by atoms with Gasteiger partial charge in [-0.2, -0.15) is 0 Å². The molecule has 4 rings (SSSR count). The lowest BCUT2D eigenvalue weighted by molar-refractivity contribution is 0.163. The van der Waals surface area contributed by atoms with Crippen LogP contribution in [0.25, 0.3) is 0 Å². The number of ether oxygens (including phenoxy) is 1. The Labute approximate surface area is 163 Å². The van der Waals surface area contributed by atoms with Crippen LogP contribution in [0.3, 0.4) is 0 Å². The maximum atomic E-state index is 12.0. The van der Waals surface area contributed by atoms with E-state index in [9.17, 15) is 4.79 Å². The molecule has 2 atom stereocenters. The van der Waals surface area contributed by atoms with Gasteiger partial charge in [0, 0.05) is 39.1 Å². The largest absolute Gasteiger partial charge is 0.414 e. The Hall–Kier alpha value is -1.59. The Bertz CT molecular complexity index is 670. The van der Waals surface area contributed by atoms with Gasteiger partial charge in [0.05, 0.1) is 0 Å². The summed E-state index contributed by atoms with van der Waals surface area (Å²) in [4.78, 5) is 18.9. The van der Waals surface area contributed by atoms with E-state index in [1.54, 1.807) is 14.1 Å². The van der Waals surface area contributed by atoms with Gasteiger partial charge in [0.25, 0.3) is 0 Å². The first kappa shape index (κ1) is 18.8. The minimum absolute atomic E-state index is 0.292. The average molecular weight is 372 g/mol. The van der Waals surface area contributed by atoms with Crippen LogP contribution in [0, 0.1) is 0 Å². The number of amides is 1. The molecular formula is C22H33N3O2. The van der Waals surface area contributed by atoms with Gasteiger partial charge in [-0.3, -0.25) is 4.90 Å². The zero-order valence-electron chi connectivity index (χ0n) is 16.8. The molecule has 2 unspecified atom stereocenters. The predicted octanol–water partition coefficient (Wildman–Crippen LogP) is 3.34. The third-order valence-electron chi connectivity index (χ3n) is 6.63. The molecule has 0 saturated carbocycles. The Morgan fingerprint density at radius 1 is 1.11 bits per heavy atom. The third-order valence-corrected chi connectivity index (χ3v) is 6.63. The highest BCUT2D eigenvalue weighted by Gasteiger charge is 2.39. The summed E-state index contributed by atoms with van der Waals surface area (Å²) in [5.41, 5.74) is 2.67. The van der Waals surface area contributed by atoms with Crippen LogP contribution < -0.4 is 4.74 Å². The van der Waals surface area contributed by atoms with Crippen molar-refractivity contribution in [1.29, 1.82) is 0 Å². The molecular weight excluding hydrogens is 338 g/mol. The molecule has 27 heavy (non-hydrogen) atoms. The van der Waals surface area contributed by atoms with Crippen molar-refractivity contribution in [3.63, 3.8) is 0 Å². The van der Waals surface area contributed by atoms with Gasteiger partial charge in [-0.1, -0.05) is 18.6 Å². The van der Waals surface area contributed by atoms with Gasteiger partial charge in [0.15, 0.2) is 0 Å². The first-order valence-electron chi connectivity index (χ1n) is 10.6. The molecule has 0 N–H and O–H groups in total. The smallest absolute Gasteiger partial charge is 0.410 e. The number of fused-ring (bicyclic) bond motifs is 3. The first-order chi connectivity index (χ1) is 13.1. The van der Waals surface area contributed by atoms with E-state index < -0.39 is 0 Å². The minimum Gasteiger partial charge on any atom is -0.410 e. The van der Waals surface area contributed by atoms with Gasteiger partial charge < -0.3 is 14.5 Å². The molecule has 0 radical (unpaired) electrons. The number of hydrogen-bond acceptors (Lipinski definition) is 4. The molecule has 5 heteroatoms. The predicted molar refractivity (Wildman–Crippen MR) is 107 cm³/mol. The number of rotatable bonds is 4. The molecule has 148 valence electrons. The maximum Gasteiger partial charge on any atom is 0.414 e. The van der Waals surface area contributed by atoms with Gasteiger partial charge in [-0.05, 0) is 68.9 Å². The molecule has 1 aromatic carbocycles. The van der Waals surface area contributed by atoms with E-state index in [2.05, 4.69) is 21.9 Å². The minimum atomic E-state index is -0.292. The Balaban J connectivity index is 1.43. The van der Waals surface area contributed by atoms with Crippen molar-refractivity contribution in [2.75, 3.05) is 46.8 Å². The summed E-state index contributed by atoms with van der Waals surface area (Å²) < 4.78 is 5.64. The molecule has 1 aromatic rings. The van der Waals surface area contributed by atoms with Crippen LogP contribution in [0.5, 0.6) is 5.75 Å². The summed E-state index contributed by atoms with van der Waals surface area (Å²) in [5.74, 6) is 1.35. The molecule has 0 bridgehead atoms. The molecule has 0 aromatic heterocycles. The average Bonchev–Trinajstić information content (AvgIpc) is 3.11. The maximum absolute atomic E-state index is 12.0. The number of piperidine rings is 1. The van der Waals surface area contributed by atoms with E-state index in [0.717, 1.165) is 12.2 Å². The zero-order chi connectivity index (χ0) is 18.8. The van der Waals surface area contributed by atoms with Crippen LogP contribution >= 0.6 is 0 Å². The lowest BCUT2D eigenvalue weighted by Gasteiger charge is -2.35. The topological polar surface area (TPSA) is 36.0 Å². The SMILES string of the molecule is CN(C)C(=O)Oc1cccc2c1CCC1C2CCN1CCN1CCCCC1. The van der Waals surface area contributed by atoms with E-state index in [-0.39, 0.29) is 6.09 Å². The summed E-state index contributed by atoms with van der Waals surface area (Å²) in [6, 6.07) is 6.91. The molecule has 1 amide bonds. The Morgan fingerprint density at radius 2 is 1.93 bits per heavy atom. The van der Waals surface area contributed by atoms with Gasteiger partial charge in [0.2, 0.25) is 0 Å². The molecule has 1 aliphatic carbocycles. The molecule has 2 saturated heterocycles. The van der Waals surface area contributed by atoms with Crippen molar-refractivity contribution in [2.45, 2.75) is 50.5 Å². The molecule has 5 nitrogen and oxygen atoms in total. The second kappa shape index (κ2) is 8.19. The highest BCUT2D eigenvalue weighted by Crippen LogP contribution is 2.44. The number of carbonyl (C=O) groups excluding carboxylic acids is 1. The van der Waals surface area contributed by atoms with Crippen LogP contribution in [0.1, 0.15) is 49.1 Å².